The van der Waals surface area contributed by atoms with Gasteiger partial charge in [0.05, 0.1) is 0 Å². The normalized spacial score (nSPS) is 30.8. The van der Waals surface area contributed by atoms with Gasteiger partial charge in [-0.3, -0.25) is 4.90 Å². The van der Waals surface area contributed by atoms with Crippen LogP contribution in [-0.4, -0.2) is 36.2 Å². The average Bonchev–Trinajstić information content (AvgIpc) is 2.97. The lowest BCUT2D eigenvalue weighted by Crippen LogP contribution is -2.40. The van der Waals surface area contributed by atoms with Crippen LogP contribution >= 0.6 is 0 Å². The van der Waals surface area contributed by atoms with Crippen LogP contribution in [0, 0.1) is 5.92 Å². The van der Waals surface area contributed by atoms with Gasteiger partial charge in [0, 0.05) is 37.7 Å². The minimum atomic E-state index is -0.0427. The van der Waals surface area contributed by atoms with Gasteiger partial charge in [-0.2, -0.15) is 0 Å². The lowest BCUT2D eigenvalue weighted by molar-refractivity contribution is 0.135. The molecule has 2 fully saturated rings. The van der Waals surface area contributed by atoms with E-state index in [2.05, 4.69) is 42.3 Å². The van der Waals surface area contributed by atoms with Crippen LogP contribution in [0.3, 0.4) is 0 Å². The molecule has 0 saturated carbocycles. The Kier molecular flexibility index (Phi) is 3.23. The van der Waals surface area contributed by atoms with Gasteiger partial charge in [0.15, 0.2) is 0 Å². The predicted octanol–water partition coefficient (Wildman–Crippen LogP) is 2.58. The zero-order valence-electron chi connectivity index (χ0n) is 13.2. The van der Waals surface area contributed by atoms with Gasteiger partial charge in [0.2, 0.25) is 0 Å². The van der Waals surface area contributed by atoms with Crippen molar-refractivity contribution >= 4 is 0 Å². The molecule has 0 spiro atoms. The second kappa shape index (κ2) is 4.99. The number of benzene rings is 1. The molecule has 0 radical (unpaired) electrons. The summed E-state index contributed by atoms with van der Waals surface area (Å²) >= 11 is 0. The van der Waals surface area contributed by atoms with Crippen molar-refractivity contribution in [2.75, 3.05) is 19.6 Å². The lowest BCUT2D eigenvalue weighted by Gasteiger charge is -2.24. The van der Waals surface area contributed by atoms with E-state index in [1.54, 1.807) is 0 Å². The van der Waals surface area contributed by atoms with Crippen molar-refractivity contribution in [3.8, 4) is 5.75 Å². The third-order valence-electron chi connectivity index (χ3n) is 5.24. The maximum Gasteiger partial charge on any atom is 0.127 e. The molecule has 21 heavy (non-hydrogen) atoms. The topological polar surface area (TPSA) is 24.5 Å². The van der Waals surface area contributed by atoms with E-state index < -0.39 is 0 Å². The number of hydrogen-bond donors (Lipinski definition) is 1. The fourth-order valence-corrected chi connectivity index (χ4v) is 4.31. The summed E-state index contributed by atoms with van der Waals surface area (Å²) in [6.45, 7) is 9.04. The smallest absolute Gasteiger partial charge is 0.127 e. The van der Waals surface area contributed by atoms with Gasteiger partial charge in [-0.15, -0.1) is 0 Å². The molecule has 3 nitrogen and oxygen atoms in total. The van der Waals surface area contributed by atoms with Crippen LogP contribution in [0.4, 0.5) is 0 Å². The van der Waals surface area contributed by atoms with Crippen molar-refractivity contribution < 1.29 is 4.74 Å². The number of rotatable bonds is 2. The third kappa shape index (κ3) is 2.58. The van der Waals surface area contributed by atoms with E-state index in [0.29, 0.717) is 6.04 Å². The van der Waals surface area contributed by atoms with Crippen LogP contribution in [0.2, 0.25) is 0 Å². The van der Waals surface area contributed by atoms with Crippen molar-refractivity contribution in [2.24, 2.45) is 5.92 Å². The molecule has 0 amide bonds. The van der Waals surface area contributed by atoms with Gasteiger partial charge in [0.25, 0.3) is 0 Å². The highest BCUT2D eigenvalue weighted by Gasteiger charge is 2.36. The SMILES string of the molecule is CC1(C)Cc2cccc(CN3CC4CCCNC4C3)c2O1. The lowest BCUT2D eigenvalue weighted by atomic mass is 9.94. The Morgan fingerprint density at radius 2 is 2.24 bits per heavy atom. The highest BCUT2D eigenvalue weighted by atomic mass is 16.5. The molecule has 2 atom stereocenters. The van der Waals surface area contributed by atoms with Crippen LogP contribution < -0.4 is 10.1 Å². The maximum absolute atomic E-state index is 6.21. The van der Waals surface area contributed by atoms with Gasteiger partial charge < -0.3 is 10.1 Å². The number of ether oxygens (including phenoxy) is 1. The fourth-order valence-electron chi connectivity index (χ4n) is 4.31. The number of nitrogens with zero attached hydrogens (tertiary/aromatic N) is 1. The molecule has 3 aliphatic rings. The van der Waals surface area contributed by atoms with E-state index >= 15 is 0 Å². The minimum absolute atomic E-state index is 0.0427. The first-order valence-electron chi connectivity index (χ1n) is 8.36. The highest BCUT2D eigenvalue weighted by molar-refractivity contribution is 5.45. The fraction of sp³-hybridized carbons (Fsp3) is 0.667. The molecule has 0 aliphatic carbocycles. The Labute approximate surface area is 127 Å². The standard InChI is InChI=1S/C18H26N2O/c1-18(2)9-13-5-3-6-15(17(13)21-18)11-20-10-14-7-4-8-19-16(14)12-20/h3,5-6,14,16,19H,4,7-12H2,1-2H3. The van der Waals surface area contributed by atoms with Gasteiger partial charge in [-0.05, 0) is 44.7 Å². The summed E-state index contributed by atoms with van der Waals surface area (Å²) < 4.78 is 6.21. The number of hydrogen-bond acceptors (Lipinski definition) is 3. The molecule has 2 saturated heterocycles. The Hall–Kier alpha value is -1.06. The van der Waals surface area contributed by atoms with E-state index in [9.17, 15) is 0 Å². The first-order chi connectivity index (χ1) is 10.1. The molecule has 3 heterocycles. The summed E-state index contributed by atoms with van der Waals surface area (Å²) in [5, 5.41) is 3.69. The average molecular weight is 286 g/mol. The van der Waals surface area contributed by atoms with Crippen molar-refractivity contribution in [3.63, 3.8) is 0 Å². The molecule has 114 valence electrons. The Balaban J connectivity index is 1.50. The van der Waals surface area contributed by atoms with E-state index in [-0.39, 0.29) is 5.60 Å². The number of fused-ring (bicyclic) bond motifs is 2. The third-order valence-corrected chi connectivity index (χ3v) is 5.24. The summed E-state index contributed by atoms with van der Waals surface area (Å²) in [5.41, 5.74) is 2.71. The zero-order chi connectivity index (χ0) is 14.4. The maximum atomic E-state index is 6.21. The molecule has 1 N–H and O–H groups in total. The van der Waals surface area contributed by atoms with E-state index in [4.69, 9.17) is 4.74 Å². The molecular weight excluding hydrogens is 260 g/mol. The van der Waals surface area contributed by atoms with E-state index in [1.165, 1.54) is 43.6 Å². The first-order valence-corrected chi connectivity index (χ1v) is 8.36. The Bertz CT molecular complexity index is 526. The minimum Gasteiger partial charge on any atom is -0.487 e. The van der Waals surface area contributed by atoms with Gasteiger partial charge in [-0.25, -0.2) is 0 Å². The highest BCUT2D eigenvalue weighted by Crippen LogP contribution is 2.38. The second-order valence-electron chi connectivity index (χ2n) is 7.60. The molecule has 0 bridgehead atoms. The van der Waals surface area contributed by atoms with Crippen LogP contribution in [0.5, 0.6) is 5.75 Å². The Morgan fingerprint density at radius 1 is 1.33 bits per heavy atom. The summed E-state index contributed by atoms with van der Waals surface area (Å²) in [7, 11) is 0. The van der Waals surface area contributed by atoms with Crippen molar-refractivity contribution in [1.29, 1.82) is 0 Å². The predicted molar refractivity (Wildman–Crippen MR) is 84.6 cm³/mol. The van der Waals surface area contributed by atoms with Crippen LogP contribution in [0.15, 0.2) is 18.2 Å². The summed E-state index contributed by atoms with van der Waals surface area (Å²) in [4.78, 5) is 2.61. The summed E-state index contributed by atoms with van der Waals surface area (Å²) in [5.74, 6) is 2.01. The van der Waals surface area contributed by atoms with Gasteiger partial charge in [0.1, 0.15) is 11.4 Å². The number of likely N-dealkylation sites (tertiary alicyclic amines) is 1. The summed E-state index contributed by atoms with van der Waals surface area (Å²) in [6, 6.07) is 7.38. The monoisotopic (exact) mass is 286 g/mol. The molecular formula is C18H26N2O. The van der Waals surface area contributed by atoms with Crippen LogP contribution in [-0.2, 0) is 13.0 Å². The van der Waals surface area contributed by atoms with Crippen molar-refractivity contribution in [3.05, 3.63) is 29.3 Å². The number of piperidine rings is 1. The molecule has 1 aromatic carbocycles. The molecule has 0 aromatic heterocycles. The molecule has 3 heteroatoms. The number of para-hydroxylation sites is 1. The molecule has 1 aromatic rings. The quantitative estimate of drug-likeness (QED) is 0.904. The van der Waals surface area contributed by atoms with Crippen molar-refractivity contribution in [1.82, 2.24) is 10.2 Å². The number of nitrogens with one attached hydrogen (secondary N) is 1. The van der Waals surface area contributed by atoms with E-state index in [1.807, 2.05) is 0 Å². The largest absolute Gasteiger partial charge is 0.487 e. The molecule has 4 rings (SSSR count). The molecule has 3 aliphatic heterocycles. The van der Waals surface area contributed by atoms with Crippen LogP contribution in [0.25, 0.3) is 0 Å². The Morgan fingerprint density at radius 3 is 3.10 bits per heavy atom. The van der Waals surface area contributed by atoms with Gasteiger partial charge >= 0.3 is 0 Å². The summed E-state index contributed by atoms with van der Waals surface area (Å²) in [6.07, 6.45) is 3.76. The van der Waals surface area contributed by atoms with Gasteiger partial charge in [-0.1, -0.05) is 18.2 Å². The first kappa shape index (κ1) is 13.6. The van der Waals surface area contributed by atoms with Crippen LogP contribution in [0.1, 0.15) is 37.8 Å². The second-order valence-corrected chi connectivity index (χ2v) is 7.60. The van der Waals surface area contributed by atoms with E-state index in [0.717, 1.165) is 24.6 Å². The zero-order valence-corrected chi connectivity index (χ0v) is 13.2. The molecule has 2 unspecified atom stereocenters. The van der Waals surface area contributed by atoms with Crippen molar-refractivity contribution in [2.45, 2.75) is 51.3 Å².